The summed E-state index contributed by atoms with van der Waals surface area (Å²) in [6.45, 7) is 0. The summed E-state index contributed by atoms with van der Waals surface area (Å²) in [6.07, 6.45) is 3.24. The van der Waals surface area contributed by atoms with Crippen molar-refractivity contribution in [3.8, 4) is 5.75 Å². The number of carbonyl (C=O) groups excluding carboxylic acids is 3. The zero-order valence-corrected chi connectivity index (χ0v) is 13.1. The summed E-state index contributed by atoms with van der Waals surface area (Å²) in [7, 11) is 3.23. The smallest absolute Gasteiger partial charge is 0.336 e. The first-order valence-corrected chi connectivity index (χ1v) is 7.18. The number of hydrogen-bond acceptors (Lipinski definition) is 4. The highest BCUT2D eigenvalue weighted by molar-refractivity contribution is 6.39. The van der Waals surface area contributed by atoms with E-state index in [-0.39, 0.29) is 11.3 Å². The van der Waals surface area contributed by atoms with Gasteiger partial charge in [-0.15, -0.1) is 0 Å². The van der Waals surface area contributed by atoms with Gasteiger partial charge in [0.25, 0.3) is 11.8 Å². The third-order valence-electron chi connectivity index (χ3n) is 3.70. The first-order valence-electron chi connectivity index (χ1n) is 7.18. The average Bonchev–Trinajstić information content (AvgIpc) is 2.96. The molecule has 7 nitrogen and oxygen atoms in total. The quantitative estimate of drug-likeness (QED) is 0.688. The molecule has 0 bridgehead atoms. The number of rotatable bonds is 3. The van der Waals surface area contributed by atoms with E-state index in [1.807, 2.05) is 0 Å². The van der Waals surface area contributed by atoms with E-state index in [1.165, 1.54) is 13.2 Å². The van der Waals surface area contributed by atoms with Crippen molar-refractivity contribution in [2.45, 2.75) is 0 Å². The molecule has 1 saturated heterocycles. The van der Waals surface area contributed by atoms with E-state index >= 15 is 0 Å². The first kappa shape index (κ1) is 15.5. The largest absolute Gasteiger partial charge is 0.495 e. The van der Waals surface area contributed by atoms with Crippen molar-refractivity contribution in [3.63, 3.8) is 0 Å². The highest BCUT2D eigenvalue weighted by Gasteiger charge is 2.38. The Kier molecular flexibility index (Phi) is 3.91. The minimum atomic E-state index is -0.807. The van der Waals surface area contributed by atoms with Gasteiger partial charge in [0.05, 0.1) is 12.8 Å². The standard InChI is InChI=1S/C17H15N3O4/c1-19-9-5-6-11(19)10-12-15(21)18-17(23)20(16(12)22)13-7-3-4-8-14(13)24-2/h3-10H,1-2H3,(H,18,21,23)/b12-10+. The van der Waals surface area contributed by atoms with E-state index in [0.717, 1.165) is 4.90 Å². The minimum absolute atomic E-state index is 0.123. The number of urea groups is 1. The topological polar surface area (TPSA) is 80.6 Å². The molecule has 1 aliphatic heterocycles. The van der Waals surface area contributed by atoms with E-state index in [2.05, 4.69) is 5.32 Å². The van der Waals surface area contributed by atoms with Gasteiger partial charge in [-0.2, -0.15) is 0 Å². The van der Waals surface area contributed by atoms with Gasteiger partial charge in [-0.05, 0) is 30.3 Å². The van der Waals surface area contributed by atoms with E-state index < -0.39 is 17.8 Å². The van der Waals surface area contributed by atoms with E-state index in [4.69, 9.17) is 4.74 Å². The monoisotopic (exact) mass is 325 g/mol. The Hall–Kier alpha value is -3.35. The molecule has 4 amide bonds. The van der Waals surface area contributed by atoms with Gasteiger partial charge in [-0.3, -0.25) is 14.9 Å². The number of aromatic nitrogens is 1. The summed E-state index contributed by atoms with van der Waals surface area (Å²) in [5, 5.41) is 2.19. The Balaban J connectivity index is 2.07. The molecule has 0 atom stereocenters. The predicted octanol–water partition coefficient (Wildman–Crippen LogP) is 1.70. The van der Waals surface area contributed by atoms with Gasteiger partial charge in [0.1, 0.15) is 11.3 Å². The predicted molar refractivity (Wildman–Crippen MR) is 87.4 cm³/mol. The number of aryl methyl sites for hydroxylation is 1. The Morgan fingerprint density at radius 3 is 2.50 bits per heavy atom. The summed E-state index contributed by atoms with van der Waals surface area (Å²) in [5.41, 5.74) is 0.818. The number of methoxy groups -OCH3 is 1. The maximum Gasteiger partial charge on any atom is 0.336 e. The number of ether oxygens (including phenoxy) is 1. The molecule has 7 heteroatoms. The number of para-hydroxylation sites is 2. The molecule has 0 radical (unpaired) electrons. The molecule has 3 rings (SSSR count). The third kappa shape index (κ3) is 2.56. The van der Waals surface area contributed by atoms with Crippen molar-refractivity contribution in [1.82, 2.24) is 9.88 Å². The van der Waals surface area contributed by atoms with Crippen LogP contribution in [0.2, 0.25) is 0 Å². The van der Waals surface area contributed by atoms with Crippen LogP contribution in [0, 0.1) is 0 Å². The lowest BCUT2D eigenvalue weighted by molar-refractivity contribution is -0.122. The van der Waals surface area contributed by atoms with Gasteiger partial charge in [0.2, 0.25) is 0 Å². The van der Waals surface area contributed by atoms with Gasteiger partial charge in [0.15, 0.2) is 0 Å². The number of hydrogen-bond donors (Lipinski definition) is 1. The van der Waals surface area contributed by atoms with Crippen molar-refractivity contribution < 1.29 is 19.1 Å². The fraction of sp³-hybridized carbons (Fsp3) is 0.118. The second-order valence-corrected chi connectivity index (χ2v) is 5.17. The van der Waals surface area contributed by atoms with Crippen molar-refractivity contribution in [3.05, 3.63) is 53.9 Å². The summed E-state index contributed by atoms with van der Waals surface area (Å²) >= 11 is 0. The normalized spacial score (nSPS) is 16.5. The van der Waals surface area contributed by atoms with Crippen LogP contribution >= 0.6 is 0 Å². The number of amides is 4. The second kappa shape index (κ2) is 6.04. The van der Waals surface area contributed by atoms with Crippen LogP contribution in [0.25, 0.3) is 6.08 Å². The van der Waals surface area contributed by atoms with Gasteiger partial charge in [0, 0.05) is 18.9 Å². The van der Waals surface area contributed by atoms with Crippen LogP contribution in [0.15, 0.2) is 48.2 Å². The molecule has 0 spiro atoms. The lowest BCUT2D eigenvalue weighted by atomic mass is 10.1. The molecule has 1 aromatic heterocycles. The number of anilines is 1. The van der Waals surface area contributed by atoms with E-state index in [1.54, 1.807) is 54.2 Å². The molecule has 24 heavy (non-hydrogen) atoms. The zero-order chi connectivity index (χ0) is 17.3. The summed E-state index contributed by atoms with van der Waals surface area (Å²) in [6, 6.07) is 9.35. The van der Waals surface area contributed by atoms with E-state index in [9.17, 15) is 14.4 Å². The van der Waals surface area contributed by atoms with Crippen molar-refractivity contribution in [1.29, 1.82) is 0 Å². The summed E-state index contributed by atoms with van der Waals surface area (Å²) < 4.78 is 6.96. The van der Waals surface area contributed by atoms with Crippen LogP contribution in [0.5, 0.6) is 5.75 Å². The Labute approximate surface area is 138 Å². The lowest BCUT2D eigenvalue weighted by Crippen LogP contribution is -2.54. The summed E-state index contributed by atoms with van der Waals surface area (Å²) in [5.74, 6) is -1.07. The van der Waals surface area contributed by atoms with Gasteiger partial charge < -0.3 is 9.30 Å². The molecule has 1 aliphatic rings. The van der Waals surface area contributed by atoms with Crippen LogP contribution in [-0.2, 0) is 16.6 Å². The molecule has 1 fully saturated rings. The average molecular weight is 325 g/mol. The SMILES string of the molecule is COc1ccccc1N1C(=O)NC(=O)/C(=C\c2cccn2C)C1=O. The fourth-order valence-corrected chi connectivity index (χ4v) is 2.46. The molecule has 0 unspecified atom stereocenters. The van der Waals surface area contributed by atoms with Crippen LogP contribution in [0.1, 0.15) is 5.69 Å². The van der Waals surface area contributed by atoms with Gasteiger partial charge in [-0.25, -0.2) is 9.69 Å². The summed E-state index contributed by atoms with van der Waals surface area (Å²) in [4.78, 5) is 37.9. The molecule has 0 saturated carbocycles. The molecular formula is C17H15N3O4. The zero-order valence-electron chi connectivity index (χ0n) is 13.1. The van der Waals surface area contributed by atoms with Crippen molar-refractivity contribution in [2.24, 2.45) is 7.05 Å². The van der Waals surface area contributed by atoms with Crippen LogP contribution < -0.4 is 15.0 Å². The maximum absolute atomic E-state index is 12.8. The Morgan fingerprint density at radius 1 is 1.08 bits per heavy atom. The van der Waals surface area contributed by atoms with Gasteiger partial charge in [-0.1, -0.05) is 12.1 Å². The second-order valence-electron chi connectivity index (χ2n) is 5.17. The number of nitrogens with zero attached hydrogens (tertiary/aromatic N) is 2. The highest BCUT2D eigenvalue weighted by atomic mass is 16.5. The minimum Gasteiger partial charge on any atom is -0.495 e. The van der Waals surface area contributed by atoms with Crippen LogP contribution in [-0.4, -0.2) is 29.5 Å². The number of nitrogens with one attached hydrogen (secondary N) is 1. The molecule has 1 aromatic carbocycles. The molecule has 122 valence electrons. The number of benzene rings is 1. The molecule has 0 aliphatic carbocycles. The molecule has 2 heterocycles. The molecular weight excluding hydrogens is 310 g/mol. The molecule has 2 aromatic rings. The lowest BCUT2D eigenvalue weighted by Gasteiger charge is -2.27. The highest BCUT2D eigenvalue weighted by Crippen LogP contribution is 2.30. The van der Waals surface area contributed by atoms with Crippen LogP contribution in [0.4, 0.5) is 10.5 Å². The van der Waals surface area contributed by atoms with Crippen molar-refractivity contribution in [2.75, 3.05) is 12.0 Å². The first-order chi connectivity index (χ1) is 11.5. The number of imide groups is 2. The van der Waals surface area contributed by atoms with E-state index in [0.29, 0.717) is 11.4 Å². The fourth-order valence-electron chi connectivity index (χ4n) is 2.46. The Bertz CT molecular complexity index is 866. The third-order valence-corrected chi connectivity index (χ3v) is 3.70. The number of carbonyl (C=O) groups is 3. The van der Waals surface area contributed by atoms with Crippen LogP contribution in [0.3, 0.4) is 0 Å². The maximum atomic E-state index is 12.8. The van der Waals surface area contributed by atoms with Gasteiger partial charge >= 0.3 is 6.03 Å². The molecule has 1 N–H and O–H groups in total. The number of barbiturate groups is 1. The van der Waals surface area contributed by atoms with Crippen molar-refractivity contribution >= 4 is 29.6 Å². The Morgan fingerprint density at radius 2 is 1.83 bits per heavy atom.